The average molecular weight is 461 g/mol. The second-order valence-corrected chi connectivity index (χ2v) is 8.11. The molecule has 0 radical (unpaired) electrons. The smallest absolute Gasteiger partial charge is 0.380 e. The summed E-state index contributed by atoms with van der Waals surface area (Å²) in [6.07, 6.45) is -12.8. The number of hydrogen-bond acceptors (Lipinski definition) is 1. The van der Waals surface area contributed by atoms with Gasteiger partial charge in [-0.15, -0.1) is 0 Å². The molecule has 2 aromatic rings. The highest BCUT2D eigenvalue weighted by molar-refractivity contribution is 6.30. The molecule has 0 aromatic heterocycles. The van der Waals surface area contributed by atoms with Gasteiger partial charge in [0.25, 0.3) is 0 Å². The summed E-state index contributed by atoms with van der Waals surface area (Å²) in [6, 6.07) is 4.96. The van der Waals surface area contributed by atoms with Gasteiger partial charge in [-0.3, -0.25) is 0 Å². The highest BCUT2D eigenvalue weighted by Gasteiger charge is 2.56. The van der Waals surface area contributed by atoms with Gasteiger partial charge in [-0.2, -0.15) is 26.3 Å². The molecule has 1 nitrogen and oxygen atoms in total. The van der Waals surface area contributed by atoms with Crippen molar-refractivity contribution in [3.05, 3.63) is 69.7 Å². The number of hydrogen-bond donors (Lipinski definition) is 1. The van der Waals surface area contributed by atoms with Gasteiger partial charge in [0.05, 0.1) is 10.6 Å². The predicted octanol–water partition coefficient (Wildman–Crippen LogP) is 6.84. The molecule has 2 aromatic carbocycles. The molecule has 0 spiro atoms. The summed E-state index contributed by atoms with van der Waals surface area (Å²) < 4.78 is 108. The molecule has 10 heteroatoms. The third kappa shape index (κ3) is 5.24. The third-order valence-electron chi connectivity index (χ3n) is 4.80. The molecule has 1 unspecified atom stereocenters. The number of halogens is 9. The minimum atomic E-state index is -5.31. The summed E-state index contributed by atoms with van der Waals surface area (Å²) in [7, 11) is 0. The summed E-state index contributed by atoms with van der Waals surface area (Å²) in [5.74, 6) is -2.10. The fourth-order valence-electron chi connectivity index (χ4n) is 3.25. The largest absolute Gasteiger partial charge is 0.417 e. The first kappa shape index (κ1) is 24.4. The number of alkyl halides is 6. The Hall–Kier alpha value is -1.87. The highest BCUT2D eigenvalue weighted by Crippen LogP contribution is 2.44. The fraction of sp³-hybridized carbons (Fsp3) is 0.400. The summed E-state index contributed by atoms with van der Waals surface area (Å²) in [5.41, 5.74) is -7.19. The highest BCUT2D eigenvalue weighted by atomic mass is 35.5. The maximum atomic E-state index is 14.3. The van der Waals surface area contributed by atoms with Gasteiger partial charge in [0, 0.05) is 6.42 Å². The van der Waals surface area contributed by atoms with Crippen molar-refractivity contribution in [3.8, 4) is 0 Å². The van der Waals surface area contributed by atoms with Crippen LogP contribution in [0.3, 0.4) is 0 Å². The number of aliphatic hydroxyl groups is 1. The zero-order valence-electron chi connectivity index (χ0n) is 15.7. The van der Waals surface area contributed by atoms with Gasteiger partial charge in [0.15, 0.2) is 5.60 Å². The van der Waals surface area contributed by atoms with Crippen molar-refractivity contribution in [2.45, 2.75) is 50.1 Å². The van der Waals surface area contributed by atoms with Crippen molar-refractivity contribution in [2.24, 2.45) is 0 Å². The Balaban J connectivity index is 2.51. The van der Waals surface area contributed by atoms with Crippen LogP contribution in [0, 0.1) is 11.6 Å². The van der Waals surface area contributed by atoms with Gasteiger partial charge in [-0.1, -0.05) is 37.6 Å². The van der Waals surface area contributed by atoms with E-state index in [1.54, 1.807) is 0 Å². The lowest BCUT2D eigenvalue weighted by atomic mass is 9.73. The molecule has 30 heavy (non-hydrogen) atoms. The van der Waals surface area contributed by atoms with Gasteiger partial charge in [0.1, 0.15) is 11.6 Å². The van der Waals surface area contributed by atoms with Crippen molar-refractivity contribution in [3.63, 3.8) is 0 Å². The van der Waals surface area contributed by atoms with Crippen LogP contribution in [0.4, 0.5) is 35.1 Å². The van der Waals surface area contributed by atoms with E-state index in [-0.39, 0.29) is 17.7 Å². The molecule has 0 heterocycles. The van der Waals surface area contributed by atoms with E-state index in [9.17, 15) is 40.2 Å². The SMILES string of the molecule is CC(C)(CC(O)(Cc1cc(C(F)(F)F)cc(Cl)c1F)C(F)(F)F)c1ccc(F)cc1. The van der Waals surface area contributed by atoms with E-state index in [4.69, 9.17) is 11.6 Å². The molecule has 0 aliphatic heterocycles. The van der Waals surface area contributed by atoms with E-state index in [1.807, 2.05) is 0 Å². The van der Waals surface area contributed by atoms with Gasteiger partial charge < -0.3 is 5.11 Å². The molecule has 1 atom stereocenters. The zero-order chi connectivity index (χ0) is 23.1. The fourth-order valence-corrected chi connectivity index (χ4v) is 3.49. The van der Waals surface area contributed by atoms with Crippen molar-refractivity contribution in [1.29, 1.82) is 0 Å². The summed E-state index contributed by atoms with van der Waals surface area (Å²) in [5, 5.41) is 9.46. The Morgan fingerprint density at radius 1 is 0.867 bits per heavy atom. The maximum Gasteiger partial charge on any atom is 0.417 e. The van der Waals surface area contributed by atoms with E-state index in [2.05, 4.69) is 0 Å². The Morgan fingerprint density at radius 3 is 1.87 bits per heavy atom. The minimum Gasteiger partial charge on any atom is -0.380 e. The lowest BCUT2D eigenvalue weighted by molar-refractivity contribution is -0.266. The van der Waals surface area contributed by atoms with Gasteiger partial charge in [-0.25, -0.2) is 8.78 Å². The molecule has 2 rings (SSSR count). The Bertz CT molecular complexity index is 903. The average Bonchev–Trinajstić information content (AvgIpc) is 2.56. The molecule has 0 saturated carbocycles. The van der Waals surface area contributed by atoms with E-state index < -0.39 is 64.0 Å². The molecule has 0 amide bonds. The number of benzene rings is 2. The zero-order valence-corrected chi connectivity index (χ0v) is 16.5. The van der Waals surface area contributed by atoms with Crippen LogP contribution in [0.5, 0.6) is 0 Å². The summed E-state index contributed by atoms with van der Waals surface area (Å²) in [6.45, 7) is 2.68. The molecule has 0 bridgehead atoms. The van der Waals surface area contributed by atoms with Crippen LogP contribution in [0.15, 0.2) is 36.4 Å². The topological polar surface area (TPSA) is 20.2 Å². The van der Waals surface area contributed by atoms with Crippen molar-refractivity contribution in [1.82, 2.24) is 0 Å². The number of rotatable bonds is 5. The summed E-state index contributed by atoms with van der Waals surface area (Å²) in [4.78, 5) is 0. The standard InChI is InChI=1S/C20H17ClF8O/c1-17(2,12-3-5-14(22)6-4-12)10-18(30,20(27,28)29)9-11-7-13(19(24,25)26)8-15(21)16(11)23/h3-8,30H,9-10H2,1-2H3. The van der Waals surface area contributed by atoms with Crippen LogP contribution in [-0.4, -0.2) is 16.9 Å². The molecular weight excluding hydrogens is 444 g/mol. The predicted molar refractivity (Wildman–Crippen MR) is 95.2 cm³/mol. The normalized spacial score (nSPS) is 15.2. The van der Waals surface area contributed by atoms with Gasteiger partial charge in [-0.05, 0) is 47.2 Å². The van der Waals surface area contributed by atoms with Gasteiger partial charge in [0.2, 0.25) is 0 Å². The lowest BCUT2D eigenvalue weighted by Gasteiger charge is -2.38. The van der Waals surface area contributed by atoms with E-state index in [0.29, 0.717) is 0 Å². The molecule has 0 fully saturated rings. The van der Waals surface area contributed by atoms with E-state index >= 15 is 0 Å². The van der Waals surface area contributed by atoms with Crippen molar-refractivity contribution >= 4 is 11.6 Å². The molecule has 0 saturated heterocycles. The first-order valence-corrected chi connectivity index (χ1v) is 8.94. The molecule has 0 aliphatic rings. The third-order valence-corrected chi connectivity index (χ3v) is 5.08. The lowest BCUT2D eigenvalue weighted by Crippen LogP contribution is -2.51. The molecular formula is C20H17ClF8O. The van der Waals surface area contributed by atoms with E-state index in [1.165, 1.54) is 26.0 Å². The molecule has 1 N–H and O–H groups in total. The van der Waals surface area contributed by atoms with E-state index in [0.717, 1.165) is 12.1 Å². The molecule has 0 aliphatic carbocycles. The monoisotopic (exact) mass is 460 g/mol. The quantitative estimate of drug-likeness (QED) is 0.484. The van der Waals surface area contributed by atoms with Crippen LogP contribution in [0.1, 0.15) is 37.0 Å². The summed E-state index contributed by atoms with van der Waals surface area (Å²) >= 11 is 5.44. The maximum absolute atomic E-state index is 14.3. The second-order valence-electron chi connectivity index (χ2n) is 7.70. The van der Waals surface area contributed by atoms with Crippen LogP contribution >= 0.6 is 11.6 Å². The van der Waals surface area contributed by atoms with Crippen LogP contribution in [0.2, 0.25) is 5.02 Å². The first-order chi connectivity index (χ1) is 13.5. The Labute approximate surface area is 172 Å². The second kappa shape index (κ2) is 8.00. The Kier molecular flexibility index (Phi) is 6.50. The Morgan fingerprint density at radius 2 is 1.40 bits per heavy atom. The minimum absolute atomic E-state index is 0.197. The van der Waals surface area contributed by atoms with Crippen LogP contribution in [0.25, 0.3) is 0 Å². The molecule has 166 valence electrons. The van der Waals surface area contributed by atoms with Crippen LogP contribution < -0.4 is 0 Å². The van der Waals surface area contributed by atoms with Crippen LogP contribution in [-0.2, 0) is 18.0 Å². The van der Waals surface area contributed by atoms with Crippen molar-refractivity contribution in [2.75, 3.05) is 0 Å². The first-order valence-electron chi connectivity index (χ1n) is 8.56. The van der Waals surface area contributed by atoms with Gasteiger partial charge >= 0.3 is 12.4 Å². The van der Waals surface area contributed by atoms with Crippen molar-refractivity contribution < 1.29 is 40.2 Å².